The van der Waals surface area contributed by atoms with E-state index < -0.39 is 0 Å². The van der Waals surface area contributed by atoms with Gasteiger partial charge in [0.15, 0.2) is 0 Å². The zero-order chi connectivity index (χ0) is 16.9. The molecule has 4 heteroatoms. The van der Waals surface area contributed by atoms with Crippen LogP contribution in [0.15, 0.2) is 59.8 Å². The first-order chi connectivity index (χ1) is 11.6. The molecule has 0 unspecified atom stereocenters. The van der Waals surface area contributed by atoms with Crippen LogP contribution in [0.3, 0.4) is 0 Å². The van der Waals surface area contributed by atoms with Gasteiger partial charge in [-0.05, 0) is 28.7 Å². The van der Waals surface area contributed by atoms with Gasteiger partial charge in [-0.25, -0.2) is 5.43 Å². The molecule has 0 aliphatic heterocycles. The zero-order valence-corrected chi connectivity index (χ0v) is 13.9. The molecule has 0 aliphatic rings. The average molecular weight is 319 g/mol. The number of nitrogens with one attached hydrogen (secondary N) is 2. The third kappa shape index (κ3) is 3.71. The van der Waals surface area contributed by atoms with E-state index in [9.17, 15) is 4.79 Å². The maximum atomic E-state index is 12.0. The highest BCUT2D eigenvalue weighted by Gasteiger charge is 2.07. The Labute approximate surface area is 141 Å². The maximum absolute atomic E-state index is 12.0. The molecule has 1 amide bonds. The quantitative estimate of drug-likeness (QED) is 0.542. The van der Waals surface area contributed by atoms with Gasteiger partial charge in [-0.2, -0.15) is 5.10 Å². The van der Waals surface area contributed by atoms with Crippen LogP contribution in [0.25, 0.3) is 10.9 Å². The van der Waals surface area contributed by atoms with E-state index in [1.54, 1.807) is 6.21 Å². The summed E-state index contributed by atoms with van der Waals surface area (Å²) < 4.78 is 0. The topological polar surface area (TPSA) is 57.2 Å². The number of nitrogens with zero attached hydrogens (tertiary/aromatic N) is 1. The summed E-state index contributed by atoms with van der Waals surface area (Å²) in [5.41, 5.74) is 6.85. The summed E-state index contributed by atoms with van der Waals surface area (Å²) >= 11 is 0. The van der Waals surface area contributed by atoms with Crippen LogP contribution in [-0.4, -0.2) is 17.1 Å². The number of amides is 1. The minimum atomic E-state index is -0.130. The lowest BCUT2D eigenvalue weighted by Gasteiger charge is -2.04. The Balaban J connectivity index is 1.59. The summed E-state index contributed by atoms with van der Waals surface area (Å²) in [5.74, 6) is 0.377. The van der Waals surface area contributed by atoms with Crippen LogP contribution in [0.1, 0.15) is 36.5 Å². The number of para-hydroxylation sites is 1. The van der Waals surface area contributed by atoms with Crippen molar-refractivity contribution in [1.29, 1.82) is 0 Å². The predicted octanol–water partition coefficient (Wildman–Crippen LogP) is 3.98. The fraction of sp³-hybridized carbons (Fsp3) is 0.200. The van der Waals surface area contributed by atoms with Crippen LogP contribution >= 0.6 is 0 Å². The van der Waals surface area contributed by atoms with Crippen molar-refractivity contribution in [3.63, 3.8) is 0 Å². The first-order valence-electron chi connectivity index (χ1n) is 8.10. The molecule has 0 bridgehead atoms. The average Bonchev–Trinajstić information content (AvgIpc) is 2.98. The molecule has 122 valence electrons. The fourth-order valence-electron chi connectivity index (χ4n) is 2.64. The van der Waals surface area contributed by atoms with Gasteiger partial charge in [-0.15, -0.1) is 0 Å². The van der Waals surface area contributed by atoms with Crippen LogP contribution in [-0.2, 0) is 11.2 Å². The first-order valence-corrected chi connectivity index (χ1v) is 8.10. The third-order valence-corrected chi connectivity index (χ3v) is 4.03. The number of benzene rings is 2. The minimum absolute atomic E-state index is 0.130. The summed E-state index contributed by atoms with van der Waals surface area (Å²) in [6.45, 7) is 4.32. The van der Waals surface area contributed by atoms with Gasteiger partial charge < -0.3 is 4.98 Å². The van der Waals surface area contributed by atoms with Crippen LogP contribution in [0.2, 0.25) is 0 Å². The van der Waals surface area contributed by atoms with Crippen LogP contribution in [0.4, 0.5) is 0 Å². The van der Waals surface area contributed by atoms with Crippen molar-refractivity contribution < 1.29 is 4.79 Å². The van der Waals surface area contributed by atoms with Crippen molar-refractivity contribution in [1.82, 2.24) is 10.4 Å². The van der Waals surface area contributed by atoms with Crippen molar-refractivity contribution in [2.24, 2.45) is 5.10 Å². The standard InChI is InChI=1S/C20H21N3O/c1-14(2)16-9-7-15(8-10-16)12-22-23-20(24)11-17-13-21-19-6-4-3-5-18(17)19/h3-10,12-14,21H,11H2,1-2H3,(H,23,24)/b22-12-. The molecule has 0 saturated heterocycles. The van der Waals surface area contributed by atoms with E-state index in [0.29, 0.717) is 12.3 Å². The lowest BCUT2D eigenvalue weighted by molar-refractivity contribution is -0.120. The number of hydrazone groups is 1. The Hall–Kier alpha value is -2.88. The van der Waals surface area contributed by atoms with Gasteiger partial charge in [0.05, 0.1) is 12.6 Å². The Bertz CT molecular complexity index is 860. The lowest BCUT2D eigenvalue weighted by Crippen LogP contribution is -2.19. The van der Waals surface area contributed by atoms with Crippen molar-refractivity contribution in [3.8, 4) is 0 Å². The number of carbonyl (C=O) groups is 1. The van der Waals surface area contributed by atoms with E-state index >= 15 is 0 Å². The van der Waals surface area contributed by atoms with E-state index in [0.717, 1.165) is 22.0 Å². The number of rotatable bonds is 5. The number of hydrogen-bond acceptors (Lipinski definition) is 2. The second kappa shape index (κ2) is 7.13. The Morgan fingerprint density at radius 1 is 1.17 bits per heavy atom. The number of hydrogen-bond donors (Lipinski definition) is 2. The summed E-state index contributed by atoms with van der Waals surface area (Å²) in [6.07, 6.45) is 3.84. The summed E-state index contributed by atoms with van der Waals surface area (Å²) in [6, 6.07) is 16.1. The molecule has 3 aromatic rings. The van der Waals surface area contributed by atoms with Gasteiger partial charge in [-0.3, -0.25) is 4.79 Å². The molecule has 0 aliphatic carbocycles. The molecule has 1 heterocycles. The predicted molar refractivity (Wildman–Crippen MR) is 98.3 cm³/mol. The van der Waals surface area contributed by atoms with E-state index in [-0.39, 0.29) is 5.91 Å². The van der Waals surface area contributed by atoms with Crippen molar-refractivity contribution in [2.75, 3.05) is 0 Å². The third-order valence-electron chi connectivity index (χ3n) is 4.03. The van der Waals surface area contributed by atoms with Gasteiger partial charge >= 0.3 is 0 Å². The van der Waals surface area contributed by atoms with E-state index in [1.807, 2.05) is 42.6 Å². The Morgan fingerprint density at radius 3 is 2.67 bits per heavy atom. The molecular weight excluding hydrogens is 298 g/mol. The Kier molecular flexibility index (Phi) is 4.75. The normalized spacial score (nSPS) is 11.5. The van der Waals surface area contributed by atoms with Gasteiger partial charge in [0, 0.05) is 17.1 Å². The van der Waals surface area contributed by atoms with Crippen molar-refractivity contribution in [3.05, 3.63) is 71.4 Å². The second-order valence-electron chi connectivity index (χ2n) is 6.15. The number of H-pyrrole nitrogens is 1. The molecule has 24 heavy (non-hydrogen) atoms. The maximum Gasteiger partial charge on any atom is 0.244 e. The molecular formula is C20H21N3O. The highest BCUT2D eigenvalue weighted by molar-refractivity contribution is 5.89. The molecule has 2 N–H and O–H groups in total. The van der Waals surface area contributed by atoms with Crippen molar-refractivity contribution >= 4 is 23.0 Å². The molecule has 0 spiro atoms. The van der Waals surface area contributed by atoms with E-state index in [2.05, 4.69) is 41.5 Å². The van der Waals surface area contributed by atoms with Gasteiger partial charge in [-0.1, -0.05) is 56.3 Å². The molecule has 1 aromatic heterocycles. The molecule has 3 rings (SSSR count). The van der Waals surface area contributed by atoms with E-state index in [1.165, 1.54) is 5.56 Å². The Morgan fingerprint density at radius 2 is 1.92 bits per heavy atom. The molecule has 2 aromatic carbocycles. The number of aromatic nitrogens is 1. The molecule has 4 nitrogen and oxygen atoms in total. The van der Waals surface area contributed by atoms with Gasteiger partial charge in [0.2, 0.25) is 5.91 Å². The SMILES string of the molecule is CC(C)c1ccc(/C=N\NC(=O)Cc2c[nH]c3ccccc23)cc1. The summed E-state index contributed by atoms with van der Waals surface area (Å²) in [5, 5.41) is 5.11. The summed E-state index contributed by atoms with van der Waals surface area (Å²) in [7, 11) is 0. The highest BCUT2D eigenvalue weighted by Crippen LogP contribution is 2.18. The molecule has 0 saturated carbocycles. The monoisotopic (exact) mass is 319 g/mol. The minimum Gasteiger partial charge on any atom is -0.361 e. The largest absolute Gasteiger partial charge is 0.361 e. The summed E-state index contributed by atoms with van der Waals surface area (Å²) in [4.78, 5) is 15.2. The fourth-order valence-corrected chi connectivity index (χ4v) is 2.64. The number of aromatic amines is 1. The van der Waals surface area contributed by atoms with Crippen molar-refractivity contribution in [2.45, 2.75) is 26.2 Å². The van der Waals surface area contributed by atoms with Crippen LogP contribution < -0.4 is 5.43 Å². The first kappa shape index (κ1) is 16.0. The van der Waals surface area contributed by atoms with Gasteiger partial charge in [0.1, 0.15) is 0 Å². The number of fused-ring (bicyclic) bond motifs is 1. The smallest absolute Gasteiger partial charge is 0.244 e. The van der Waals surface area contributed by atoms with Crippen LogP contribution in [0.5, 0.6) is 0 Å². The van der Waals surface area contributed by atoms with E-state index in [4.69, 9.17) is 0 Å². The van der Waals surface area contributed by atoms with Crippen LogP contribution in [0, 0.1) is 0 Å². The molecule has 0 fully saturated rings. The molecule has 0 atom stereocenters. The lowest BCUT2D eigenvalue weighted by atomic mass is 10.0. The highest BCUT2D eigenvalue weighted by atomic mass is 16.2. The number of carbonyl (C=O) groups excluding carboxylic acids is 1. The zero-order valence-electron chi connectivity index (χ0n) is 13.9. The van der Waals surface area contributed by atoms with Gasteiger partial charge in [0.25, 0.3) is 0 Å². The second-order valence-corrected chi connectivity index (χ2v) is 6.15. The molecule has 0 radical (unpaired) electrons.